The van der Waals surface area contributed by atoms with Gasteiger partial charge in [0.1, 0.15) is 19.3 Å². The number of tetrazole rings is 1. The molecule has 2 radical (unpaired) electrons. The highest BCUT2D eigenvalue weighted by Gasteiger charge is 2.31. The largest absolute Gasteiger partial charge is 0.489 e. The summed E-state index contributed by atoms with van der Waals surface area (Å²) in [4.78, 5) is 0. The fourth-order valence-electron chi connectivity index (χ4n) is 2.58. The van der Waals surface area contributed by atoms with Crippen LogP contribution in [0.25, 0.3) is 5.69 Å². The first kappa shape index (κ1) is 15.1. The minimum atomic E-state index is 0.0592. The van der Waals surface area contributed by atoms with Gasteiger partial charge in [-0.05, 0) is 55.2 Å². The Morgan fingerprint density at radius 3 is 2.55 bits per heavy atom. The normalized spacial score (nSPS) is 14.8. The van der Waals surface area contributed by atoms with Crippen molar-refractivity contribution in [2.75, 3.05) is 0 Å². The zero-order valence-electron chi connectivity index (χ0n) is 13.6. The molecule has 0 N–H and O–H groups in total. The summed E-state index contributed by atoms with van der Waals surface area (Å²) < 4.78 is 7.75. The van der Waals surface area contributed by atoms with Crippen LogP contribution in [0.4, 0.5) is 0 Å². The van der Waals surface area contributed by atoms with Crippen molar-refractivity contribution >= 4 is 13.3 Å². The van der Waals surface area contributed by atoms with E-state index in [0.717, 1.165) is 41.1 Å². The second-order valence-electron chi connectivity index (χ2n) is 6.49. The number of aromatic nitrogens is 4. The maximum Gasteiger partial charge on any atom is 0.159 e. The molecule has 22 heavy (non-hydrogen) atoms. The Bertz CT molecular complexity index is 677. The maximum absolute atomic E-state index is 6.19. The van der Waals surface area contributed by atoms with Crippen molar-refractivity contribution in [1.82, 2.24) is 20.2 Å². The number of benzene rings is 1. The minimum Gasteiger partial charge on any atom is -0.489 e. The molecular formula is C16H21BN4O. The molecule has 1 fully saturated rings. The molecule has 0 atom stereocenters. The lowest BCUT2D eigenvalue weighted by Gasteiger charge is -2.19. The van der Waals surface area contributed by atoms with Gasteiger partial charge in [0, 0.05) is 5.92 Å². The summed E-state index contributed by atoms with van der Waals surface area (Å²) in [5, 5.41) is 12.2. The second kappa shape index (κ2) is 5.74. The lowest BCUT2D eigenvalue weighted by atomic mass is 9.85. The van der Waals surface area contributed by atoms with Gasteiger partial charge in [0.2, 0.25) is 0 Å². The van der Waals surface area contributed by atoms with E-state index in [1.807, 2.05) is 19.9 Å². The van der Waals surface area contributed by atoms with Gasteiger partial charge in [-0.3, -0.25) is 0 Å². The molecule has 1 aliphatic carbocycles. The topological polar surface area (TPSA) is 52.8 Å². The molecule has 0 saturated heterocycles. The third-order valence-electron chi connectivity index (χ3n) is 3.81. The highest BCUT2D eigenvalue weighted by molar-refractivity contribution is 6.33. The highest BCUT2D eigenvalue weighted by Crippen LogP contribution is 2.40. The zero-order chi connectivity index (χ0) is 15.9. The first-order valence-electron chi connectivity index (χ1n) is 7.86. The quantitative estimate of drug-likeness (QED) is 0.794. The molecule has 1 heterocycles. The Labute approximate surface area is 132 Å². The van der Waals surface area contributed by atoms with E-state index in [2.05, 4.69) is 35.4 Å². The predicted octanol–water partition coefficient (Wildman–Crippen LogP) is 2.24. The van der Waals surface area contributed by atoms with Crippen molar-refractivity contribution < 1.29 is 4.74 Å². The van der Waals surface area contributed by atoms with Crippen molar-refractivity contribution in [3.63, 3.8) is 0 Å². The molecule has 3 rings (SSSR count). The summed E-state index contributed by atoms with van der Waals surface area (Å²) in [6.07, 6.45) is 2.35. The lowest BCUT2D eigenvalue weighted by molar-refractivity contribution is 0.241. The number of rotatable bonds is 5. The Hall–Kier alpha value is -1.85. The van der Waals surface area contributed by atoms with Crippen LogP contribution in [0.2, 0.25) is 0 Å². The third kappa shape index (κ3) is 2.87. The fraction of sp³-hybridized carbons (Fsp3) is 0.562. The van der Waals surface area contributed by atoms with Crippen molar-refractivity contribution in [2.24, 2.45) is 0 Å². The molecule has 1 saturated carbocycles. The van der Waals surface area contributed by atoms with Crippen LogP contribution in [0.3, 0.4) is 0 Å². The van der Waals surface area contributed by atoms with Crippen LogP contribution in [0.5, 0.6) is 5.75 Å². The smallest absolute Gasteiger partial charge is 0.159 e. The van der Waals surface area contributed by atoms with E-state index >= 15 is 0 Å². The summed E-state index contributed by atoms with van der Waals surface area (Å²) in [6.45, 7) is 8.25. The minimum absolute atomic E-state index is 0.0592. The second-order valence-corrected chi connectivity index (χ2v) is 6.49. The summed E-state index contributed by atoms with van der Waals surface area (Å²) in [7, 11) is 6.19. The van der Waals surface area contributed by atoms with Crippen LogP contribution < -0.4 is 10.2 Å². The third-order valence-corrected chi connectivity index (χ3v) is 3.81. The van der Waals surface area contributed by atoms with Gasteiger partial charge in [-0.25, -0.2) is 0 Å². The SMILES string of the molecule is [B]c1cc(OC(C)C)c(-n2nnnc2C2CC2)cc1C(C)C. The molecule has 0 bridgehead atoms. The number of hydrogen-bond donors (Lipinski definition) is 0. The van der Waals surface area contributed by atoms with E-state index in [4.69, 9.17) is 12.6 Å². The number of ether oxygens (including phenoxy) is 1. The van der Waals surface area contributed by atoms with Crippen molar-refractivity contribution in [3.8, 4) is 11.4 Å². The molecule has 1 aromatic heterocycles. The van der Waals surface area contributed by atoms with Crippen LogP contribution in [0, 0.1) is 0 Å². The summed E-state index contributed by atoms with van der Waals surface area (Å²) >= 11 is 0. The van der Waals surface area contributed by atoms with Crippen LogP contribution in [-0.4, -0.2) is 34.2 Å². The Kier molecular flexibility index (Phi) is 3.93. The van der Waals surface area contributed by atoms with Gasteiger partial charge in [0.05, 0.1) is 6.10 Å². The molecule has 114 valence electrons. The molecule has 1 aromatic carbocycles. The highest BCUT2D eigenvalue weighted by atomic mass is 16.5. The van der Waals surface area contributed by atoms with Crippen LogP contribution in [0.15, 0.2) is 12.1 Å². The molecule has 5 nitrogen and oxygen atoms in total. The van der Waals surface area contributed by atoms with Gasteiger partial charge in [-0.2, -0.15) is 4.68 Å². The molecule has 6 heteroatoms. The molecule has 0 aliphatic heterocycles. The Morgan fingerprint density at radius 2 is 1.95 bits per heavy atom. The fourth-order valence-corrected chi connectivity index (χ4v) is 2.58. The molecule has 1 aliphatic rings. The van der Waals surface area contributed by atoms with Crippen LogP contribution >= 0.6 is 0 Å². The lowest BCUT2D eigenvalue weighted by Crippen LogP contribution is -2.18. The predicted molar refractivity (Wildman–Crippen MR) is 86.4 cm³/mol. The Morgan fingerprint density at radius 1 is 1.23 bits per heavy atom. The average Bonchev–Trinajstić information content (AvgIpc) is 3.16. The van der Waals surface area contributed by atoms with E-state index in [-0.39, 0.29) is 6.10 Å². The first-order valence-corrected chi connectivity index (χ1v) is 7.86. The van der Waals surface area contributed by atoms with Crippen LogP contribution in [0.1, 0.15) is 63.8 Å². The first-order chi connectivity index (χ1) is 10.5. The summed E-state index contributed by atoms with van der Waals surface area (Å²) in [5.41, 5.74) is 2.71. The van der Waals surface area contributed by atoms with Crippen molar-refractivity contribution in [2.45, 2.75) is 58.5 Å². The molecule has 0 spiro atoms. The number of nitrogens with zero attached hydrogens (tertiary/aromatic N) is 4. The van der Waals surface area contributed by atoms with E-state index < -0.39 is 0 Å². The standard InChI is InChI=1S/C16H21BN4O/c1-9(2)12-7-14(15(8-13(12)17)22-10(3)4)21-16(11-5-6-11)18-19-20-21/h7-11H,5-6H2,1-4H3. The molecular weight excluding hydrogens is 275 g/mol. The number of hydrogen-bond acceptors (Lipinski definition) is 4. The maximum atomic E-state index is 6.19. The van der Waals surface area contributed by atoms with E-state index in [1.165, 1.54) is 0 Å². The monoisotopic (exact) mass is 296 g/mol. The van der Waals surface area contributed by atoms with Gasteiger partial charge in [-0.1, -0.05) is 24.9 Å². The van der Waals surface area contributed by atoms with Crippen molar-refractivity contribution in [1.29, 1.82) is 0 Å². The zero-order valence-corrected chi connectivity index (χ0v) is 13.6. The van der Waals surface area contributed by atoms with E-state index in [0.29, 0.717) is 11.8 Å². The summed E-state index contributed by atoms with van der Waals surface area (Å²) in [6, 6.07) is 3.95. The van der Waals surface area contributed by atoms with Gasteiger partial charge in [-0.15, -0.1) is 5.10 Å². The molecule has 2 aromatic rings. The van der Waals surface area contributed by atoms with E-state index in [9.17, 15) is 0 Å². The molecule has 0 amide bonds. The molecule has 0 unspecified atom stereocenters. The van der Waals surface area contributed by atoms with Gasteiger partial charge < -0.3 is 4.74 Å². The van der Waals surface area contributed by atoms with E-state index in [1.54, 1.807) is 4.68 Å². The van der Waals surface area contributed by atoms with Gasteiger partial charge in [0.15, 0.2) is 5.82 Å². The Balaban J connectivity index is 2.13. The van der Waals surface area contributed by atoms with Crippen LogP contribution in [-0.2, 0) is 0 Å². The van der Waals surface area contributed by atoms with Gasteiger partial charge >= 0.3 is 0 Å². The van der Waals surface area contributed by atoms with Gasteiger partial charge in [0.25, 0.3) is 0 Å². The summed E-state index contributed by atoms with van der Waals surface area (Å²) in [5.74, 6) is 2.42. The van der Waals surface area contributed by atoms with Crippen molar-refractivity contribution in [3.05, 3.63) is 23.5 Å². The average molecular weight is 296 g/mol.